The summed E-state index contributed by atoms with van der Waals surface area (Å²) in [6.07, 6.45) is 7.97. The van der Waals surface area contributed by atoms with E-state index in [0.29, 0.717) is 12.1 Å². The molecule has 2 aromatic rings. The van der Waals surface area contributed by atoms with Gasteiger partial charge in [-0.15, -0.1) is 0 Å². The third kappa shape index (κ3) is 4.45. The Morgan fingerprint density at radius 3 is 2.40 bits per heavy atom. The van der Waals surface area contributed by atoms with Crippen molar-refractivity contribution in [1.29, 1.82) is 0 Å². The third-order valence-corrected chi connectivity index (χ3v) is 6.16. The van der Waals surface area contributed by atoms with Crippen LogP contribution in [0.1, 0.15) is 53.8 Å². The molecule has 2 unspecified atom stereocenters. The van der Waals surface area contributed by atoms with Gasteiger partial charge in [0.05, 0.1) is 19.0 Å². The molecule has 30 heavy (non-hydrogen) atoms. The normalized spacial score (nSPS) is 22.6. The van der Waals surface area contributed by atoms with E-state index in [-0.39, 0.29) is 29.9 Å². The average Bonchev–Trinajstić information content (AvgIpc) is 3.03. The maximum Gasteiger partial charge on any atom is 0.271 e. The van der Waals surface area contributed by atoms with Crippen LogP contribution in [0, 0.1) is 6.92 Å². The Morgan fingerprint density at radius 2 is 1.80 bits per heavy atom. The summed E-state index contributed by atoms with van der Waals surface area (Å²) in [4.78, 5) is 35.8. The minimum Gasteiger partial charge on any atom is -0.497 e. The van der Waals surface area contributed by atoms with E-state index in [0.717, 1.165) is 49.1 Å². The summed E-state index contributed by atoms with van der Waals surface area (Å²) in [5, 5.41) is 3.09. The van der Waals surface area contributed by atoms with Gasteiger partial charge in [0, 0.05) is 30.7 Å². The van der Waals surface area contributed by atoms with Crippen LogP contribution in [0.15, 0.2) is 36.7 Å². The van der Waals surface area contributed by atoms with Crippen molar-refractivity contribution < 1.29 is 14.3 Å². The molecule has 2 aliphatic heterocycles. The molecule has 1 aromatic heterocycles. The van der Waals surface area contributed by atoms with Gasteiger partial charge in [-0.25, -0.2) is 4.98 Å². The quantitative estimate of drug-likeness (QED) is 0.794. The van der Waals surface area contributed by atoms with E-state index in [9.17, 15) is 9.59 Å². The summed E-state index contributed by atoms with van der Waals surface area (Å²) in [6.45, 7) is 1.84. The molecular formula is C23H28N4O3. The number of aromatic nitrogens is 2. The van der Waals surface area contributed by atoms with Crippen LogP contribution in [-0.2, 0) is 11.2 Å². The molecule has 0 aliphatic carbocycles. The molecule has 2 aliphatic rings. The summed E-state index contributed by atoms with van der Waals surface area (Å²) in [5.41, 5.74) is 2.26. The summed E-state index contributed by atoms with van der Waals surface area (Å²) in [6, 6.07) is 8.37. The van der Waals surface area contributed by atoms with Crippen molar-refractivity contribution in [3.05, 3.63) is 53.6 Å². The monoisotopic (exact) mass is 408 g/mol. The number of carbonyl (C=O) groups is 2. The minimum atomic E-state index is -0.189. The van der Waals surface area contributed by atoms with Gasteiger partial charge < -0.3 is 15.0 Å². The maximum atomic E-state index is 12.9. The molecule has 0 saturated carbocycles. The smallest absolute Gasteiger partial charge is 0.271 e. The molecule has 2 amide bonds. The zero-order chi connectivity index (χ0) is 21.1. The number of nitrogens with one attached hydrogen (secondary N) is 1. The standard InChI is InChI=1S/C23H28N4O3/c1-15-13-25-21(14-24-15)23(29)26-17-11-18-6-7-19(12-17)27(18)22(28)10-5-16-3-8-20(30-2)9-4-16/h3-4,8-9,13-14,17-19H,5-7,10-12H2,1-2H3,(H,26,29). The Morgan fingerprint density at radius 1 is 1.10 bits per heavy atom. The number of piperidine rings is 1. The van der Waals surface area contributed by atoms with Crippen LogP contribution in [0.5, 0.6) is 5.75 Å². The Bertz CT molecular complexity index is 884. The van der Waals surface area contributed by atoms with Crippen LogP contribution in [0.4, 0.5) is 0 Å². The van der Waals surface area contributed by atoms with Crippen LogP contribution in [0.2, 0.25) is 0 Å². The second-order valence-electron chi connectivity index (χ2n) is 8.22. The number of benzene rings is 1. The van der Waals surface area contributed by atoms with E-state index in [1.54, 1.807) is 13.3 Å². The van der Waals surface area contributed by atoms with Gasteiger partial charge in [0.15, 0.2) is 0 Å². The van der Waals surface area contributed by atoms with E-state index in [1.165, 1.54) is 6.20 Å². The van der Waals surface area contributed by atoms with Crippen LogP contribution in [0.25, 0.3) is 0 Å². The van der Waals surface area contributed by atoms with E-state index >= 15 is 0 Å². The average molecular weight is 409 g/mol. The van der Waals surface area contributed by atoms with E-state index in [1.807, 2.05) is 31.2 Å². The van der Waals surface area contributed by atoms with Crippen molar-refractivity contribution in [3.8, 4) is 5.75 Å². The van der Waals surface area contributed by atoms with E-state index in [4.69, 9.17) is 4.74 Å². The van der Waals surface area contributed by atoms with Gasteiger partial charge in [-0.05, 0) is 56.7 Å². The van der Waals surface area contributed by atoms with Crippen molar-refractivity contribution in [1.82, 2.24) is 20.2 Å². The fraction of sp³-hybridized carbons (Fsp3) is 0.478. The Kier molecular flexibility index (Phi) is 5.97. The second kappa shape index (κ2) is 8.81. The zero-order valence-corrected chi connectivity index (χ0v) is 17.5. The van der Waals surface area contributed by atoms with Crippen molar-refractivity contribution in [2.75, 3.05) is 7.11 Å². The van der Waals surface area contributed by atoms with Crippen molar-refractivity contribution in [3.63, 3.8) is 0 Å². The highest BCUT2D eigenvalue weighted by Gasteiger charge is 2.43. The Labute approximate surface area is 176 Å². The number of ether oxygens (including phenoxy) is 1. The topological polar surface area (TPSA) is 84.4 Å². The largest absolute Gasteiger partial charge is 0.497 e. The highest BCUT2D eigenvalue weighted by Crippen LogP contribution is 2.36. The van der Waals surface area contributed by atoms with Gasteiger partial charge >= 0.3 is 0 Å². The van der Waals surface area contributed by atoms with Gasteiger partial charge in [-0.1, -0.05) is 12.1 Å². The number of fused-ring (bicyclic) bond motifs is 2. The summed E-state index contributed by atoms with van der Waals surface area (Å²) in [5.74, 6) is 0.850. The predicted octanol–water partition coefficient (Wildman–Crippen LogP) is 2.68. The molecule has 0 spiro atoms. The molecule has 3 heterocycles. The van der Waals surface area contributed by atoms with Crippen molar-refractivity contribution in [2.45, 2.75) is 63.6 Å². The molecule has 2 fully saturated rings. The lowest BCUT2D eigenvalue weighted by Crippen LogP contribution is -2.52. The molecule has 2 saturated heterocycles. The lowest BCUT2D eigenvalue weighted by molar-refractivity contribution is -0.135. The fourth-order valence-corrected chi connectivity index (χ4v) is 4.64. The van der Waals surface area contributed by atoms with Gasteiger partial charge in [0.25, 0.3) is 5.91 Å². The van der Waals surface area contributed by atoms with Crippen LogP contribution >= 0.6 is 0 Å². The molecule has 7 heteroatoms. The first-order valence-corrected chi connectivity index (χ1v) is 10.6. The summed E-state index contributed by atoms with van der Waals surface area (Å²) >= 11 is 0. The molecular weight excluding hydrogens is 380 g/mol. The minimum absolute atomic E-state index is 0.0729. The van der Waals surface area contributed by atoms with Gasteiger partial charge in [0.1, 0.15) is 11.4 Å². The number of nitrogens with zero attached hydrogens (tertiary/aromatic N) is 3. The number of hydrogen-bond acceptors (Lipinski definition) is 5. The zero-order valence-electron chi connectivity index (χ0n) is 17.5. The fourth-order valence-electron chi connectivity index (χ4n) is 4.64. The van der Waals surface area contributed by atoms with Crippen LogP contribution in [0.3, 0.4) is 0 Å². The number of hydrogen-bond donors (Lipinski definition) is 1. The first-order valence-electron chi connectivity index (χ1n) is 10.6. The first kappa shape index (κ1) is 20.3. The number of methoxy groups -OCH3 is 1. The summed E-state index contributed by atoms with van der Waals surface area (Å²) < 4.78 is 5.18. The number of carbonyl (C=O) groups excluding carboxylic acids is 2. The predicted molar refractivity (Wildman–Crippen MR) is 112 cm³/mol. The molecule has 4 rings (SSSR count). The molecule has 1 N–H and O–H groups in total. The Balaban J connectivity index is 1.31. The van der Waals surface area contributed by atoms with Gasteiger partial charge in [-0.2, -0.15) is 0 Å². The number of aryl methyl sites for hydroxylation is 2. The number of amides is 2. The van der Waals surface area contributed by atoms with E-state index in [2.05, 4.69) is 20.2 Å². The van der Waals surface area contributed by atoms with Gasteiger partial charge in [0.2, 0.25) is 5.91 Å². The van der Waals surface area contributed by atoms with E-state index < -0.39 is 0 Å². The highest BCUT2D eigenvalue weighted by molar-refractivity contribution is 5.92. The first-order chi connectivity index (χ1) is 14.5. The second-order valence-corrected chi connectivity index (χ2v) is 8.22. The maximum absolute atomic E-state index is 12.9. The number of rotatable bonds is 6. The lowest BCUT2D eigenvalue weighted by Gasteiger charge is -2.39. The molecule has 2 atom stereocenters. The summed E-state index contributed by atoms with van der Waals surface area (Å²) in [7, 11) is 1.65. The van der Waals surface area contributed by atoms with Crippen molar-refractivity contribution >= 4 is 11.8 Å². The van der Waals surface area contributed by atoms with Crippen LogP contribution < -0.4 is 10.1 Å². The molecule has 158 valence electrons. The van der Waals surface area contributed by atoms with Gasteiger partial charge in [-0.3, -0.25) is 14.6 Å². The van der Waals surface area contributed by atoms with Crippen molar-refractivity contribution in [2.24, 2.45) is 0 Å². The SMILES string of the molecule is COc1ccc(CCC(=O)N2C3CCC2CC(NC(=O)c2cnc(C)cn2)C3)cc1. The molecule has 0 radical (unpaired) electrons. The Hall–Kier alpha value is -2.96. The van der Waals surface area contributed by atoms with Crippen LogP contribution in [-0.4, -0.2) is 51.9 Å². The lowest BCUT2D eigenvalue weighted by atomic mass is 9.96. The molecule has 2 bridgehead atoms. The molecule has 7 nitrogen and oxygen atoms in total. The third-order valence-electron chi connectivity index (χ3n) is 6.16. The molecule has 1 aromatic carbocycles. The highest BCUT2D eigenvalue weighted by atomic mass is 16.5.